The molecule has 72 heavy (non-hydrogen) atoms. The molecule has 0 bridgehead atoms. The van der Waals surface area contributed by atoms with Gasteiger partial charge < -0.3 is 0 Å². The SMILES string of the molecule is CC(C)(C)c1ccc2[cH-]c(-c3ccccc3)cc2c1-c1cc(C(F)(F)F)cc(C(F)(F)F)c1.CC(C)(C)c1ccc2[cH-]c(-c3ccccc3)cc2c1-c1cc(C(F)(F)F)cc(C(F)(F)F)c1.C[Si]C.[Cl][Zr+2][Cl]. The summed E-state index contributed by atoms with van der Waals surface area (Å²) in [4.78, 5) is 0. The molecule has 0 aliphatic heterocycles. The van der Waals surface area contributed by atoms with Gasteiger partial charge in [0.1, 0.15) is 0 Å². The number of rotatable bonds is 4. The zero-order chi connectivity index (χ0) is 53.8. The Balaban J connectivity index is 0.000000241. The van der Waals surface area contributed by atoms with Gasteiger partial charge in [0.25, 0.3) is 0 Å². The zero-order valence-corrected chi connectivity index (χ0v) is 45.1. The summed E-state index contributed by atoms with van der Waals surface area (Å²) in [5, 5.41) is 2.74. The first kappa shape index (κ1) is 58.3. The monoisotopic (exact) mass is 1140 g/mol. The Labute approximate surface area is 432 Å². The molecule has 8 aromatic carbocycles. The predicted molar refractivity (Wildman–Crippen MR) is 267 cm³/mol. The molecular weight excluding hydrogens is 1090 g/mol. The quantitative estimate of drug-likeness (QED) is 0.0936. The van der Waals surface area contributed by atoms with Crippen LogP contribution in [-0.2, 0) is 56.4 Å². The summed E-state index contributed by atoms with van der Waals surface area (Å²) in [6.07, 6.45) is -19.6. The van der Waals surface area contributed by atoms with E-state index in [-0.39, 0.29) is 23.3 Å². The standard InChI is InChI=1S/2C27H21F6.C2H6Si.2ClH.Zr/c2*1-25(2,3)23-10-9-17-11-18(16-7-5-4-6-8-16)14-22(17)24(23)19-12-20(26(28,29)30)15-21(13-19)27(31,32)33;1-3-2;;;/h2*4-15H,1-3H3;1-2H3;2*1H;/q2*-1;;;;+4/p-2. The van der Waals surface area contributed by atoms with E-state index in [4.69, 9.17) is 17.0 Å². The minimum atomic E-state index is -4.91. The maximum absolute atomic E-state index is 13.6. The molecule has 2 radical (unpaired) electrons. The van der Waals surface area contributed by atoms with E-state index in [1.54, 1.807) is 12.1 Å². The Hall–Kier alpha value is -4.62. The molecule has 0 saturated carbocycles. The zero-order valence-electron chi connectivity index (χ0n) is 40.1. The molecule has 0 N–H and O–H groups in total. The predicted octanol–water partition coefficient (Wildman–Crippen LogP) is 20.6. The molecular formula is C56H48Cl2F12SiZr. The van der Waals surface area contributed by atoms with Crippen LogP contribution in [0.3, 0.4) is 0 Å². The summed E-state index contributed by atoms with van der Waals surface area (Å²) in [7, 11) is 11.0. The van der Waals surface area contributed by atoms with Crippen LogP contribution in [0.25, 0.3) is 66.1 Å². The van der Waals surface area contributed by atoms with E-state index in [0.717, 1.165) is 66.8 Å². The van der Waals surface area contributed by atoms with Crippen LogP contribution in [0.5, 0.6) is 0 Å². The first-order valence-electron chi connectivity index (χ1n) is 22.1. The van der Waals surface area contributed by atoms with Gasteiger partial charge >= 0.3 is 62.6 Å². The van der Waals surface area contributed by atoms with Gasteiger partial charge in [-0.3, -0.25) is 0 Å². The molecule has 8 aromatic rings. The van der Waals surface area contributed by atoms with Crippen LogP contribution < -0.4 is 0 Å². The molecule has 16 heteroatoms. The van der Waals surface area contributed by atoms with Crippen molar-refractivity contribution in [3.05, 3.63) is 179 Å². The van der Waals surface area contributed by atoms with Gasteiger partial charge in [0.05, 0.1) is 22.3 Å². The van der Waals surface area contributed by atoms with Crippen LogP contribution >= 0.6 is 17.0 Å². The third-order valence-electron chi connectivity index (χ3n) is 11.4. The van der Waals surface area contributed by atoms with E-state index in [0.29, 0.717) is 33.0 Å². The fraction of sp³-hybridized carbons (Fsp3) is 0.250. The van der Waals surface area contributed by atoms with Crippen molar-refractivity contribution in [2.24, 2.45) is 0 Å². The van der Waals surface area contributed by atoms with Crippen LogP contribution in [-0.4, -0.2) is 9.52 Å². The molecule has 0 nitrogen and oxygen atoms in total. The summed E-state index contributed by atoms with van der Waals surface area (Å²) in [5.74, 6) is 0. The number of benzene rings is 6. The summed E-state index contributed by atoms with van der Waals surface area (Å²) in [6, 6.07) is 37.2. The van der Waals surface area contributed by atoms with Crippen molar-refractivity contribution in [3.63, 3.8) is 0 Å². The summed E-state index contributed by atoms with van der Waals surface area (Å²) in [5.41, 5.74) is -0.860. The van der Waals surface area contributed by atoms with Crippen molar-refractivity contribution >= 4 is 48.1 Å². The molecule has 8 rings (SSSR count). The van der Waals surface area contributed by atoms with Crippen LogP contribution in [0, 0.1) is 0 Å². The molecule has 0 fully saturated rings. The Morgan fingerprint density at radius 1 is 0.389 bits per heavy atom. The van der Waals surface area contributed by atoms with E-state index in [1.165, 1.54) is 0 Å². The first-order valence-corrected chi connectivity index (χ1v) is 30.4. The fourth-order valence-electron chi connectivity index (χ4n) is 8.23. The van der Waals surface area contributed by atoms with Crippen LogP contribution in [0.1, 0.15) is 74.9 Å². The van der Waals surface area contributed by atoms with Crippen molar-refractivity contribution in [1.82, 2.24) is 0 Å². The van der Waals surface area contributed by atoms with Crippen LogP contribution in [0.15, 0.2) is 146 Å². The summed E-state index contributed by atoms with van der Waals surface area (Å²) in [6.45, 7) is 15.6. The normalized spacial score (nSPS) is 12.3. The molecule has 0 amide bonds. The second-order valence-corrected chi connectivity index (χ2v) is 23.6. The number of alkyl halides is 12. The topological polar surface area (TPSA) is 0 Å². The van der Waals surface area contributed by atoms with Crippen molar-refractivity contribution in [1.29, 1.82) is 0 Å². The van der Waals surface area contributed by atoms with Gasteiger partial charge in [0, 0.05) is 9.52 Å². The van der Waals surface area contributed by atoms with E-state index in [2.05, 4.69) is 13.1 Å². The van der Waals surface area contributed by atoms with Gasteiger partial charge in [0.15, 0.2) is 0 Å². The summed E-state index contributed by atoms with van der Waals surface area (Å²) >= 11 is -0.826. The maximum atomic E-state index is 13.6. The minimum absolute atomic E-state index is 0.0992. The summed E-state index contributed by atoms with van der Waals surface area (Å²) < 4.78 is 163. The fourth-order valence-corrected chi connectivity index (χ4v) is 8.23. The van der Waals surface area contributed by atoms with Crippen LogP contribution in [0.4, 0.5) is 52.7 Å². The van der Waals surface area contributed by atoms with Gasteiger partial charge in [-0.1, -0.05) is 139 Å². The molecule has 0 aliphatic carbocycles. The number of hydrogen-bond acceptors (Lipinski definition) is 0. The van der Waals surface area contributed by atoms with Gasteiger partial charge in [-0.15, -0.1) is 69.1 Å². The molecule has 0 aliphatic rings. The molecule has 0 heterocycles. The van der Waals surface area contributed by atoms with Gasteiger partial charge in [-0.25, -0.2) is 0 Å². The number of hydrogen-bond donors (Lipinski definition) is 0. The molecule has 378 valence electrons. The molecule has 0 atom stereocenters. The number of halogens is 14. The van der Waals surface area contributed by atoms with E-state index in [9.17, 15) is 52.7 Å². The van der Waals surface area contributed by atoms with E-state index >= 15 is 0 Å². The van der Waals surface area contributed by atoms with E-state index < -0.39 is 78.6 Å². The second-order valence-electron chi connectivity index (χ2n) is 18.9. The van der Waals surface area contributed by atoms with Gasteiger partial charge in [-0.2, -0.15) is 52.7 Å². The van der Waals surface area contributed by atoms with Crippen LogP contribution in [0.2, 0.25) is 13.1 Å². The van der Waals surface area contributed by atoms with Gasteiger partial charge in [0.2, 0.25) is 0 Å². The molecule has 0 aromatic heterocycles. The Morgan fingerprint density at radius 2 is 0.653 bits per heavy atom. The average Bonchev–Trinajstić information content (AvgIpc) is 3.93. The Kier molecular flexibility index (Phi) is 18.5. The Bertz CT molecular complexity index is 2800. The second kappa shape index (κ2) is 22.9. The third-order valence-corrected chi connectivity index (χ3v) is 11.4. The van der Waals surface area contributed by atoms with Crippen molar-refractivity contribution < 1.29 is 73.5 Å². The van der Waals surface area contributed by atoms with E-state index in [1.807, 2.05) is 139 Å². The molecule has 0 saturated heterocycles. The van der Waals surface area contributed by atoms with Gasteiger partial charge in [-0.05, 0) is 80.6 Å². The van der Waals surface area contributed by atoms with Crippen molar-refractivity contribution in [3.8, 4) is 44.5 Å². The Morgan fingerprint density at radius 3 is 0.889 bits per heavy atom. The third kappa shape index (κ3) is 14.4. The number of fused-ring (bicyclic) bond motifs is 2. The van der Waals surface area contributed by atoms with Crippen molar-refractivity contribution in [2.75, 3.05) is 0 Å². The molecule has 0 spiro atoms. The van der Waals surface area contributed by atoms with Crippen molar-refractivity contribution in [2.45, 2.75) is 90.2 Å². The average molecular weight is 1140 g/mol. The molecule has 0 unspecified atom stereocenters. The first-order chi connectivity index (χ1) is 33.3.